The molecule has 2 heterocycles. The highest BCUT2D eigenvalue weighted by Crippen LogP contribution is 2.25. The van der Waals surface area contributed by atoms with Crippen molar-refractivity contribution in [2.24, 2.45) is 0 Å². The molecule has 142 valence electrons. The molecule has 2 aromatic carbocycles. The zero-order valence-electron chi connectivity index (χ0n) is 15.4. The summed E-state index contributed by atoms with van der Waals surface area (Å²) < 4.78 is 11.0. The number of carbonyl (C=O) groups is 2. The van der Waals surface area contributed by atoms with Gasteiger partial charge in [-0.1, -0.05) is 25.5 Å². The lowest BCUT2D eigenvalue weighted by molar-refractivity contribution is 0.0631. The summed E-state index contributed by atoms with van der Waals surface area (Å²) in [5.74, 6) is -0.100. The Kier molecular flexibility index (Phi) is 4.69. The largest absolute Gasteiger partial charge is 0.492 e. The monoisotopic (exact) mass is 377 g/mol. The van der Waals surface area contributed by atoms with E-state index >= 15 is 0 Å². The highest BCUT2D eigenvalue weighted by molar-refractivity contribution is 6.21. The van der Waals surface area contributed by atoms with Crippen LogP contribution in [0.2, 0.25) is 0 Å². The number of fused-ring (bicyclic) bond motifs is 2. The van der Waals surface area contributed by atoms with E-state index in [9.17, 15) is 14.4 Å². The maximum Gasteiger partial charge on any atom is 0.336 e. The normalized spacial score (nSPS) is 13.2. The molecular weight excluding hydrogens is 358 g/mol. The lowest BCUT2D eigenvalue weighted by Gasteiger charge is -2.14. The first kappa shape index (κ1) is 18.0. The summed E-state index contributed by atoms with van der Waals surface area (Å²) in [6.45, 7) is 2.34. The van der Waals surface area contributed by atoms with Crippen molar-refractivity contribution in [2.75, 3.05) is 13.2 Å². The van der Waals surface area contributed by atoms with Crippen LogP contribution in [-0.2, 0) is 6.42 Å². The first-order valence-electron chi connectivity index (χ1n) is 9.23. The van der Waals surface area contributed by atoms with Crippen molar-refractivity contribution in [1.82, 2.24) is 4.90 Å². The van der Waals surface area contributed by atoms with Gasteiger partial charge in [0.25, 0.3) is 11.8 Å². The maximum absolute atomic E-state index is 12.4. The Labute approximate surface area is 161 Å². The van der Waals surface area contributed by atoms with Crippen molar-refractivity contribution in [2.45, 2.75) is 19.8 Å². The Morgan fingerprint density at radius 2 is 1.68 bits per heavy atom. The van der Waals surface area contributed by atoms with Crippen LogP contribution in [-0.4, -0.2) is 29.9 Å². The second kappa shape index (κ2) is 7.31. The molecule has 0 atom stereocenters. The van der Waals surface area contributed by atoms with Gasteiger partial charge < -0.3 is 9.15 Å². The first-order valence-corrected chi connectivity index (χ1v) is 9.23. The van der Waals surface area contributed by atoms with E-state index in [1.807, 2.05) is 6.07 Å². The molecule has 0 radical (unpaired) electrons. The van der Waals surface area contributed by atoms with Crippen LogP contribution in [0.25, 0.3) is 11.0 Å². The van der Waals surface area contributed by atoms with Gasteiger partial charge in [-0.05, 0) is 36.2 Å². The van der Waals surface area contributed by atoms with Gasteiger partial charge in [-0.2, -0.15) is 0 Å². The van der Waals surface area contributed by atoms with Crippen molar-refractivity contribution in [3.8, 4) is 5.75 Å². The van der Waals surface area contributed by atoms with E-state index < -0.39 is 0 Å². The van der Waals surface area contributed by atoms with Crippen LogP contribution in [0, 0.1) is 0 Å². The van der Waals surface area contributed by atoms with E-state index in [0.717, 1.165) is 23.8 Å². The Morgan fingerprint density at radius 3 is 2.36 bits per heavy atom. The number of rotatable bonds is 6. The van der Waals surface area contributed by atoms with Crippen molar-refractivity contribution in [3.63, 3.8) is 0 Å². The van der Waals surface area contributed by atoms with Gasteiger partial charge in [-0.3, -0.25) is 14.5 Å². The highest BCUT2D eigenvalue weighted by atomic mass is 16.5. The smallest absolute Gasteiger partial charge is 0.336 e. The molecule has 0 fully saturated rings. The van der Waals surface area contributed by atoms with E-state index in [4.69, 9.17) is 9.15 Å². The number of amides is 2. The predicted octanol–water partition coefficient (Wildman–Crippen LogP) is 3.42. The molecule has 0 saturated carbocycles. The summed E-state index contributed by atoms with van der Waals surface area (Å²) in [7, 11) is 0. The number of carbonyl (C=O) groups excluding carboxylic acids is 2. The van der Waals surface area contributed by atoms with Crippen molar-refractivity contribution < 1.29 is 18.7 Å². The number of ether oxygens (including phenoxy) is 1. The van der Waals surface area contributed by atoms with Gasteiger partial charge in [0.05, 0.1) is 17.7 Å². The number of hydrogen-bond donors (Lipinski definition) is 0. The number of nitrogens with zero attached hydrogens (tertiary/aromatic N) is 1. The third kappa shape index (κ3) is 3.17. The molecule has 0 N–H and O–H groups in total. The van der Waals surface area contributed by atoms with E-state index in [2.05, 4.69) is 6.92 Å². The van der Waals surface area contributed by atoms with Gasteiger partial charge in [0.15, 0.2) is 0 Å². The van der Waals surface area contributed by atoms with Gasteiger partial charge in [0, 0.05) is 17.5 Å². The number of aryl methyl sites for hydroxylation is 1. The minimum atomic E-state index is -0.390. The Balaban J connectivity index is 1.47. The van der Waals surface area contributed by atoms with Crippen molar-refractivity contribution in [3.05, 3.63) is 75.6 Å². The van der Waals surface area contributed by atoms with Gasteiger partial charge in [0.1, 0.15) is 17.9 Å². The highest BCUT2D eigenvalue weighted by Gasteiger charge is 2.34. The van der Waals surface area contributed by atoms with Gasteiger partial charge >= 0.3 is 5.63 Å². The fourth-order valence-electron chi connectivity index (χ4n) is 3.47. The Morgan fingerprint density at radius 1 is 0.964 bits per heavy atom. The zero-order valence-corrected chi connectivity index (χ0v) is 15.4. The van der Waals surface area contributed by atoms with E-state index in [-0.39, 0.29) is 30.6 Å². The molecule has 2 amide bonds. The third-order valence-corrected chi connectivity index (χ3v) is 4.78. The van der Waals surface area contributed by atoms with Gasteiger partial charge in [-0.15, -0.1) is 0 Å². The van der Waals surface area contributed by atoms with Gasteiger partial charge in [0.2, 0.25) is 0 Å². The summed E-state index contributed by atoms with van der Waals surface area (Å²) >= 11 is 0. The maximum atomic E-state index is 12.4. The third-order valence-electron chi connectivity index (χ3n) is 4.78. The van der Waals surface area contributed by atoms with E-state index in [0.29, 0.717) is 22.5 Å². The minimum Gasteiger partial charge on any atom is -0.492 e. The predicted molar refractivity (Wildman–Crippen MR) is 104 cm³/mol. The van der Waals surface area contributed by atoms with Crippen LogP contribution in [0.4, 0.5) is 0 Å². The number of imide groups is 1. The lowest BCUT2D eigenvalue weighted by atomic mass is 10.1. The van der Waals surface area contributed by atoms with E-state index in [1.54, 1.807) is 36.4 Å². The number of hydrogen-bond acceptors (Lipinski definition) is 5. The van der Waals surface area contributed by atoms with E-state index in [1.165, 1.54) is 11.0 Å². The molecule has 1 aliphatic rings. The van der Waals surface area contributed by atoms with Crippen LogP contribution in [0.3, 0.4) is 0 Å². The fraction of sp³-hybridized carbons (Fsp3) is 0.227. The molecule has 0 saturated heterocycles. The molecule has 0 aliphatic carbocycles. The molecule has 0 bridgehead atoms. The molecule has 6 nitrogen and oxygen atoms in total. The van der Waals surface area contributed by atoms with Crippen molar-refractivity contribution in [1.29, 1.82) is 0 Å². The molecule has 28 heavy (non-hydrogen) atoms. The molecule has 6 heteroatoms. The van der Waals surface area contributed by atoms with Gasteiger partial charge in [-0.25, -0.2) is 4.79 Å². The average molecular weight is 377 g/mol. The zero-order chi connectivity index (χ0) is 19.7. The van der Waals surface area contributed by atoms with Crippen LogP contribution in [0.5, 0.6) is 5.75 Å². The van der Waals surface area contributed by atoms with Crippen LogP contribution >= 0.6 is 0 Å². The topological polar surface area (TPSA) is 76.8 Å². The second-order valence-corrected chi connectivity index (χ2v) is 6.65. The summed E-state index contributed by atoms with van der Waals surface area (Å²) in [5.41, 5.74) is 1.87. The quantitative estimate of drug-likeness (QED) is 0.486. The number of benzene rings is 2. The molecule has 0 spiro atoms. The van der Waals surface area contributed by atoms with Crippen LogP contribution in [0.15, 0.2) is 57.7 Å². The molecule has 3 aromatic rings. The summed E-state index contributed by atoms with van der Waals surface area (Å²) in [6.07, 6.45) is 1.72. The molecule has 4 rings (SSSR count). The summed E-state index contributed by atoms with van der Waals surface area (Å²) in [6, 6.07) is 13.6. The average Bonchev–Trinajstić information content (AvgIpc) is 2.93. The summed E-state index contributed by atoms with van der Waals surface area (Å²) in [4.78, 5) is 37.7. The van der Waals surface area contributed by atoms with Crippen LogP contribution in [0.1, 0.15) is 39.6 Å². The van der Waals surface area contributed by atoms with Crippen LogP contribution < -0.4 is 10.4 Å². The second-order valence-electron chi connectivity index (χ2n) is 6.65. The first-order chi connectivity index (χ1) is 13.6. The minimum absolute atomic E-state index is 0.143. The summed E-state index contributed by atoms with van der Waals surface area (Å²) in [5, 5.41) is 0.883. The standard InChI is InChI=1S/C22H19NO5/c1-2-5-14-12-20(24)28-19-13-15(8-9-16(14)19)27-11-10-23-21(25)17-6-3-4-7-18(17)22(23)26/h3-4,6-9,12-13H,2,5,10-11H2,1H3. The lowest BCUT2D eigenvalue weighted by Crippen LogP contribution is -2.33. The molecule has 0 unspecified atom stereocenters. The van der Waals surface area contributed by atoms with Crippen molar-refractivity contribution >= 4 is 22.8 Å². The SMILES string of the molecule is CCCc1cc(=O)oc2cc(OCCN3C(=O)c4ccccc4C3=O)ccc12. The molecule has 1 aliphatic heterocycles. The Bertz CT molecular complexity index is 1100. The fourth-order valence-corrected chi connectivity index (χ4v) is 3.47. The Hall–Kier alpha value is -3.41. The molecule has 1 aromatic heterocycles. The molecular formula is C22H19NO5.